The van der Waals surface area contributed by atoms with Gasteiger partial charge in [-0.05, 0) is 26.2 Å². The highest BCUT2D eigenvalue weighted by molar-refractivity contribution is 4.84. The van der Waals surface area contributed by atoms with Gasteiger partial charge in [0.15, 0.2) is 0 Å². The van der Waals surface area contributed by atoms with Gasteiger partial charge >= 0.3 is 0 Å². The summed E-state index contributed by atoms with van der Waals surface area (Å²) >= 11 is 0. The molecule has 0 aromatic heterocycles. The van der Waals surface area contributed by atoms with E-state index in [1.165, 1.54) is 6.42 Å². The average Bonchev–Trinajstić information content (AvgIpc) is 2.12. The van der Waals surface area contributed by atoms with E-state index in [2.05, 4.69) is 32.6 Å². The molecule has 0 aromatic rings. The topological polar surface area (TPSA) is 38.5 Å². The third kappa shape index (κ3) is 4.09. The molecule has 1 aliphatic heterocycles. The van der Waals surface area contributed by atoms with Crippen LogP contribution in [0.3, 0.4) is 0 Å². The summed E-state index contributed by atoms with van der Waals surface area (Å²) in [5.41, 5.74) is 5.85. The van der Waals surface area contributed by atoms with Gasteiger partial charge < -0.3 is 10.5 Å². The minimum Gasteiger partial charge on any atom is -0.373 e. The lowest BCUT2D eigenvalue weighted by Crippen LogP contribution is -2.54. The van der Waals surface area contributed by atoms with Crippen LogP contribution in [0.4, 0.5) is 0 Å². The average molecular weight is 214 g/mol. The summed E-state index contributed by atoms with van der Waals surface area (Å²) in [6, 6.07) is 0.521. The van der Waals surface area contributed by atoms with Gasteiger partial charge in [-0.15, -0.1) is 0 Å². The monoisotopic (exact) mass is 214 g/mol. The fourth-order valence-electron chi connectivity index (χ4n) is 2.30. The van der Waals surface area contributed by atoms with Gasteiger partial charge in [-0.25, -0.2) is 0 Å². The van der Waals surface area contributed by atoms with Gasteiger partial charge in [0.1, 0.15) is 0 Å². The van der Waals surface area contributed by atoms with Crippen molar-refractivity contribution >= 4 is 0 Å². The van der Waals surface area contributed by atoms with E-state index in [1.807, 2.05) is 0 Å². The number of hydrogen-bond acceptors (Lipinski definition) is 3. The Balaban J connectivity index is 2.52. The summed E-state index contributed by atoms with van der Waals surface area (Å²) in [6.07, 6.45) is 1.19. The third-order valence-electron chi connectivity index (χ3n) is 2.99. The molecule has 1 fully saturated rings. The van der Waals surface area contributed by atoms with Crippen LogP contribution in [0.25, 0.3) is 0 Å². The molecule has 1 unspecified atom stereocenters. The predicted octanol–water partition coefficient (Wildman–Crippen LogP) is 1.47. The molecule has 0 aliphatic carbocycles. The molecule has 90 valence electrons. The second-order valence-electron chi connectivity index (χ2n) is 5.60. The van der Waals surface area contributed by atoms with Crippen molar-refractivity contribution in [1.82, 2.24) is 4.90 Å². The molecule has 0 radical (unpaired) electrons. The van der Waals surface area contributed by atoms with Crippen LogP contribution in [-0.2, 0) is 4.74 Å². The van der Waals surface area contributed by atoms with Crippen molar-refractivity contribution in [1.29, 1.82) is 0 Å². The molecule has 0 spiro atoms. The molecule has 0 aromatic carbocycles. The lowest BCUT2D eigenvalue weighted by molar-refractivity contribution is -0.0977. The molecule has 1 rings (SSSR count). The first-order chi connectivity index (χ1) is 6.94. The SMILES string of the molecule is CC(C)CC(CN)N1CCOC(C)(C)C1. The Morgan fingerprint density at radius 1 is 1.40 bits per heavy atom. The zero-order chi connectivity index (χ0) is 11.5. The fraction of sp³-hybridized carbons (Fsp3) is 1.00. The summed E-state index contributed by atoms with van der Waals surface area (Å²) in [7, 11) is 0. The van der Waals surface area contributed by atoms with E-state index in [-0.39, 0.29) is 5.60 Å². The van der Waals surface area contributed by atoms with Gasteiger partial charge in [0.05, 0.1) is 12.2 Å². The van der Waals surface area contributed by atoms with Crippen LogP contribution in [0.15, 0.2) is 0 Å². The van der Waals surface area contributed by atoms with Gasteiger partial charge in [0.25, 0.3) is 0 Å². The van der Waals surface area contributed by atoms with E-state index in [9.17, 15) is 0 Å². The van der Waals surface area contributed by atoms with E-state index >= 15 is 0 Å². The minimum atomic E-state index is -0.0113. The van der Waals surface area contributed by atoms with Crippen LogP contribution in [0.5, 0.6) is 0 Å². The number of nitrogens with zero attached hydrogens (tertiary/aromatic N) is 1. The maximum absolute atomic E-state index is 5.86. The molecule has 2 N–H and O–H groups in total. The Morgan fingerprint density at radius 2 is 2.07 bits per heavy atom. The van der Waals surface area contributed by atoms with Crippen LogP contribution < -0.4 is 5.73 Å². The molecule has 1 saturated heterocycles. The van der Waals surface area contributed by atoms with Crippen molar-refractivity contribution in [3.63, 3.8) is 0 Å². The normalized spacial score (nSPS) is 24.4. The first kappa shape index (κ1) is 12.9. The van der Waals surface area contributed by atoms with E-state index in [1.54, 1.807) is 0 Å². The fourth-order valence-corrected chi connectivity index (χ4v) is 2.30. The molecule has 0 saturated carbocycles. The van der Waals surface area contributed by atoms with E-state index in [4.69, 9.17) is 10.5 Å². The van der Waals surface area contributed by atoms with Gasteiger partial charge in [0, 0.05) is 25.7 Å². The van der Waals surface area contributed by atoms with Crippen molar-refractivity contribution in [2.75, 3.05) is 26.2 Å². The standard InChI is InChI=1S/C12H26N2O/c1-10(2)7-11(8-13)14-5-6-15-12(3,4)9-14/h10-11H,5-9,13H2,1-4H3. The molecule has 1 atom stereocenters. The largest absolute Gasteiger partial charge is 0.373 e. The summed E-state index contributed by atoms with van der Waals surface area (Å²) in [5, 5.41) is 0. The van der Waals surface area contributed by atoms with Crippen LogP contribution in [0.2, 0.25) is 0 Å². The highest BCUT2D eigenvalue weighted by atomic mass is 16.5. The first-order valence-electron chi connectivity index (χ1n) is 6.02. The molecule has 0 amide bonds. The number of nitrogens with two attached hydrogens (primary N) is 1. The summed E-state index contributed by atoms with van der Waals surface area (Å²) in [4.78, 5) is 2.49. The Labute approximate surface area is 94.0 Å². The smallest absolute Gasteiger partial charge is 0.0753 e. The second kappa shape index (κ2) is 5.28. The lowest BCUT2D eigenvalue weighted by Gasteiger charge is -2.42. The Hall–Kier alpha value is -0.120. The second-order valence-corrected chi connectivity index (χ2v) is 5.60. The van der Waals surface area contributed by atoms with Crippen molar-refractivity contribution in [2.24, 2.45) is 11.7 Å². The quantitative estimate of drug-likeness (QED) is 0.770. The number of morpholine rings is 1. The molecule has 1 aliphatic rings. The van der Waals surface area contributed by atoms with Crippen molar-refractivity contribution < 1.29 is 4.74 Å². The van der Waals surface area contributed by atoms with E-state index < -0.39 is 0 Å². The molecule has 0 bridgehead atoms. The Kier molecular flexibility index (Phi) is 4.56. The lowest BCUT2D eigenvalue weighted by atomic mass is 9.99. The Morgan fingerprint density at radius 3 is 2.53 bits per heavy atom. The predicted molar refractivity (Wildman–Crippen MR) is 63.9 cm³/mol. The molecule has 3 nitrogen and oxygen atoms in total. The summed E-state index contributed by atoms with van der Waals surface area (Å²) in [6.45, 7) is 12.4. The number of ether oxygens (including phenoxy) is 1. The zero-order valence-electron chi connectivity index (χ0n) is 10.6. The van der Waals surface area contributed by atoms with E-state index in [0.29, 0.717) is 12.0 Å². The molecule has 3 heteroatoms. The summed E-state index contributed by atoms with van der Waals surface area (Å²) < 4.78 is 5.71. The van der Waals surface area contributed by atoms with Crippen molar-refractivity contribution in [3.8, 4) is 0 Å². The minimum absolute atomic E-state index is 0.0113. The van der Waals surface area contributed by atoms with Crippen LogP contribution in [0.1, 0.15) is 34.1 Å². The van der Waals surface area contributed by atoms with Crippen molar-refractivity contribution in [3.05, 3.63) is 0 Å². The molecular weight excluding hydrogens is 188 g/mol. The van der Waals surface area contributed by atoms with Crippen molar-refractivity contribution in [2.45, 2.75) is 45.8 Å². The third-order valence-corrected chi connectivity index (χ3v) is 2.99. The van der Waals surface area contributed by atoms with Crippen LogP contribution in [-0.4, -0.2) is 42.8 Å². The van der Waals surface area contributed by atoms with Gasteiger partial charge in [-0.2, -0.15) is 0 Å². The van der Waals surface area contributed by atoms with Crippen LogP contribution >= 0.6 is 0 Å². The van der Waals surface area contributed by atoms with Gasteiger partial charge in [-0.3, -0.25) is 4.90 Å². The molecule has 15 heavy (non-hydrogen) atoms. The Bertz CT molecular complexity index is 192. The first-order valence-corrected chi connectivity index (χ1v) is 6.02. The molecule has 1 heterocycles. The highest BCUT2D eigenvalue weighted by Gasteiger charge is 2.30. The van der Waals surface area contributed by atoms with Crippen LogP contribution in [0, 0.1) is 5.92 Å². The van der Waals surface area contributed by atoms with Gasteiger partial charge in [0.2, 0.25) is 0 Å². The summed E-state index contributed by atoms with van der Waals surface area (Å²) in [5.74, 6) is 0.713. The maximum atomic E-state index is 5.86. The van der Waals surface area contributed by atoms with Gasteiger partial charge in [-0.1, -0.05) is 13.8 Å². The van der Waals surface area contributed by atoms with E-state index in [0.717, 1.165) is 26.2 Å². The number of rotatable bonds is 4. The maximum Gasteiger partial charge on any atom is 0.0753 e. The number of hydrogen-bond donors (Lipinski definition) is 1. The molecular formula is C12H26N2O. The highest BCUT2D eigenvalue weighted by Crippen LogP contribution is 2.20. The zero-order valence-corrected chi connectivity index (χ0v) is 10.6.